The van der Waals surface area contributed by atoms with Crippen LogP contribution in [0.1, 0.15) is 24.1 Å². The number of hydrogen-bond acceptors (Lipinski definition) is 4. The fourth-order valence-corrected chi connectivity index (χ4v) is 7.09. The molecule has 0 N–H and O–H groups in total. The molecule has 2 aromatic carbocycles. The largest absolute Gasteiger partial charge is 0.311 e. The lowest BCUT2D eigenvalue weighted by Gasteiger charge is -2.18. The predicted octanol–water partition coefficient (Wildman–Crippen LogP) is 8.52. The lowest BCUT2D eigenvalue weighted by molar-refractivity contribution is 0.666. The third kappa shape index (κ3) is 3.74. The van der Waals surface area contributed by atoms with Gasteiger partial charge in [-0.1, -0.05) is 30.3 Å². The van der Waals surface area contributed by atoms with Crippen LogP contribution in [0.5, 0.6) is 0 Å². The minimum atomic E-state index is 0.851. The summed E-state index contributed by atoms with van der Waals surface area (Å²) < 4.78 is 4.82. The fourth-order valence-electron chi connectivity index (χ4n) is 7.09. The maximum atomic E-state index is 4.86. The summed E-state index contributed by atoms with van der Waals surface area (Å²) >= 11 is 0. The number of aromatic nitrogens is 6. The predicted molar refractivity (Wildman–Crippen MR) is 176 cm³/mol. The maximum Gasteiger partial charge on any atom is 0.113 e. The van der Waals surface area contributed by atoms with E-state index in [1.807, 2.05) is 73.3 Å². The Morgan fingerprint density at radius 3 is 1.77 bits per heavy atom. The Morgan fingerprint density at radius 1 is 0.455 bits per heavy atom. The summed E-state index contributed by atoms with van der Waals surface area (Å²) in [5, 5.41) is 3.79. The van der Waals surface area contributed by atoms with Gasteiger partial charge in [0.2, 0.25) is 0 Å². The van der Waals surface area contributed by atoms with Crippen LogP contribution in [0, 0.1) is 0 Å². The number of para-hydroxylation sites is 1. The van der Waals surface area contributed by atoms with Crippen LogP contribution in [0.15, 0.2) is 122 Å². The quantitative estimate of drug-likeness (QED) is 0.214. The van der Waals surface area contributed by atoms with Gasteiger partial charge in [0.1, 0.15) is 11.4 Å². The highest BCUT2D eigenvalue weighted by Crippen LogP contribution is 2.42. The summed E-state index contributed by atoms with van der Waals surface area (Å²) in [4.78, 5) is 19.1. The van der Waals surface area contributed by atoms with E-state index in [-0.39, 0.29) is 0 Å². The van der Waals surface area contributed by atoms with Gasteiger partial charge in [-0.3, -0.25) is 19.9 Å². The maximum absolute atomic E-state index is 4.86. The Morgan fingerprint density at radius 2 is 1.07 bits per heavy atom. The van der Waals surface area contributed by atoms with E-state index in [9.17, 15) is 0 Å². The van der Waals surface area contributed by atoms with Crippen molar-refractivity contribution in [3.63, 3.8) is 0 Å². The number of benzene rings is 2. The molecule has 0 saturated heterocycles. The summed E-state index contributed by atoms with van der Waals surface area (Å²) in [6.07, 6.45) is 11.9. The first kappa shape index (κ1) is 24.9. The van der Waals surface area contributed by atoms with Crippen LogP contribution in [-0.2, 0) is 12.8 Å². The molecular weight excluding hydrogens is 540 g/mol. The molecule has 210 valence electrons. The van der Waals surface area contributed by atoms with Crippen molar-refractivity contribution in [3.05, 3.63) is 133 Å². The van der Waals surface area contributed by atoms with Gasteiger partial charge in [-0.05, 0) is 98.0 Å². The van der Waals surface area contributed by atoms with Crippen molar-refractivity contribution < 1.29 is 0 Å². The van der Waals surface area contributed by atoms with Crippen LogP contribution in [-0.4, -0.2) is 29.1 Å². The molecule has 0 radical (unpaired) electrons. The van der Waals surface area contributed by atoms with Gasteiger partial charge < -0.3 is 9.13 Å². The summed E-state index contributed by atoms with van der Waals surface area (Å²) in [5.41, 5.74) is 11.9. The van der Waals surface area contributed by atoms with Crippen LogP contribution in [0.2, 0.25) is 0 Å². The molecule has 0 bridgehead atoms. The van der Waals surface area contributed by atoms with E-state index in [4.69, 9.17) is 9.97 Å². The molecule has 0 spiro atoms. The summed E-state index contributed by atoms with van der Waals surface area (Å²) in [6.45, 7) is 0. The monoisotopic (exact) mass is 568 g/mol. The topological polar surface area (TPSA) is 61.4 Å². The van der Waals surface area contributed by atoms with Gasteiger partial charge in [-0.25, -0.2) is 0 Å². The van der Waals surface area contributed by atoms with Crippen LogP contribution >= 0.6 is 0 Å². The first-order chi connectivity index (χ1) is 21.9. The number of rotatable bonds is 4. The molecule has 6 heteroatoms. The van der Waals surface area contributed by atoms with E-state index >= 15 is 0 Å². The molecule has 1 aliphatic carbocycles. The van der Waals surface area contributed by atoms with E-state index < -0.39 is 0 Å². The van der Waals surface area contributed by atoms with Crippen LogP contribution in [0.4, 0.5) is 0 Å². The zero-order valence-corrected chi connectivity index (χ0v) is 24.1. The second-order valence-corrected chi connectivity index (χ2v) is 11.4. The van der Waals surface area contributed by atoms with Gasteiger partial charge in [-0.15, -0.1) is 0 Å². The minimum Gasteiger partial charge on any atom is -0.311 e. The molecule has 0 amide bonds. The van der Waals surface area contributed by atoms with Gasteiger partial charge in [-0.2, -0.15) is 0 Å². The molecule has 1 aliphatic rings. The average Bonchev–Trinajstić information content (AvgIpc) is 3.60. The Bertz CT molecular complexity index is 2330. The first-order valence-electron chi connectivity index (χ1n) is 15.2. The number of pyridine rings is 4. The third-order valence-corrected chi connectivity index (χ3v) is 8.93. The molecule has 0 fully saturated rings. The highest BCUT2D eigenvalue weighted by atomic mass is 15.0. The van der Waals surface area contributed by atoms with Gasteiger partial charge in [0.25, 0.3) is 0 Å². The van der Waals surface area contributed by atoms with Crippen LogP contribution in [0.3, 0.4) is 0 Å². The van der Waals surface area contributed by atoms with E-state index in [1.165, 1.54) is 45.8 Å². The molecular formula is C38H28N6. The van der Waals surface area contributed by atoms with Gasteiger partial charge in [0.05, 0.1) is 39.3 Å². The zero-order valence-electron chi connectivity index (χ0n) is 24.1. The van der Waals surface area contributed by atoms with Gasteiger partial charge >= 0.3 is 0 Å². The van der Waals surface area contributed by atoms with Crippen LogP contribution < -0.4 is 0 Å². The normalized spacial score (nSPS) is 13.1. The van der Waals surface area contributed by atoms with Crippen molar-refractivity contribution in [2.24, 2.45) is 0 Å². The molecule has 6 aromatic heterocycles. The zero-order chi connectivity index (χ0) is 29.0. The molecule has 6 heterocycles. The average molecular weight is 569 g/mol. The number of hydrogen-bond donors (Lipinski definition) is 0. The molecule has 44 heavy (non-hydrogen) atoms. The molecule has 0 saturated carbocycles. The Hall–Kier alpha value is -5.62. The summed E-state index contributed by atoms with van der Waals surface area (Å²) in [7, 11) is 0. The summed E-state index contributed by atoms with van der Waals surface area (Å²) in [6, 6.07) is 33.9. The highest BCUT2D eigenvalue weighted by molar-refractivity contribution is 6.14. The SMILES string of the molecule is c1ccc(-c2ncccc2-n2c3c(c4cc5c6ccccc6n(-c6cccnc6-c6ccccn6)c5cc42)CCCC3)nc1. The minimum absolute atomic E-state index is 0.851. The standard InChI is InChI=1S/C38H28N6/c1-3-15-31-25(11-1)27-23-28-26-12-2-4-16-32(26)44(34-18-10-22-42-38(34)30-14-6-8-20-40-30)36(28)24-35(27)43(31)33-17-9-21-41-37(33)29-13-5-7-19-39-29/h1,3,5-11,13-15,17-24H,2,4,12,16H2. The van der Waals surface area contributed by atoms with E-state index in [2.05, 4.69) is 67.6 Å². The Kier molecular flexibility index (Phi) is 5.66. The lowest BCUT2D eigenvalue weighted by Crippen LogP contribution is -2.08. The van der Waals surface area contributed by atoms with E-state index in [0.717, 1.165) is 58.0 Å². The Balaban J connectivity index is 1.40. The molecule has 0 unspecified atom stereocenters. The lowest BCUT2D eigenvalue weighted by atomic mass is 9.95. The molecule has 0 atom stereocenters. The number of fused-ring (bicyclic) bond motifs is 6. The smallest absolute Gasteiger partial charge is 0.113 e. The van der Waals surface area contributed by atoms with Crippen molar-refractivity contribution in [2.45, 2.75) is 25.7 Å². The molecule has 6 nitrogen and oxygen atoms in total. The molecule has 8 aromatic rings. The molecule has 0 aliphatic heterocycles. The fraction of sp³-hybridized carbons (Fsp3) is 0.105. The van der Waals surface area contributed by atoms with Crippen molar-refractivity contribution in [1.82, 2.24) is 29.1 Å². The second-order valence-electron chi connectivity index (χ2n) is 11.4. The second kappa shape index (κ2) is 9.99. The number of aryl methyl sites for hydroxylation is 1. The van der Waals surface area contributed by atoms with Crippen LogP contribution in [0.25, 0.3) is 66.9 Å². The highest BCUT2D eigenvalue weighted by Gasteiger charge is 2.25. The van der Waals surface area contributed by atoms with Crippen molar-refractivity contribution in [2.75, 3.05) is 0 Å². The van der Waals surface area contributed by atoms with Crippen molar-refractivity contribution in [1.29, 1.82) is 0 Å². The van der Waals surface area contributed by atoms with Crippen molar-refractivity contribution >= 4 is 32.7 Å². The third-order valence-electron chi connectivity index (χ3n) is 8.93. The van der Waals surface area contributed by atoms with Gasteiger partial charge in [0, 0.05) is 46.6 Å². The summed E-state index contributed by atoms with van der Waals surface area (Å²) in [5.74, 6) is 0. The van der Waals surface area contributed by atoms with Gasteiger partial charge in [0.15, 0.2) is 0 Å². The first-order valence-corrected chi connectivity index (χ1v) is 15.2. The van der Waals surface area contributed by atoms with Crippen molar-refractivity contribution in [3.8, 4) is 34.2 Å². The van der Waals surface area contributed by atoms with E-state index in [0.29, 0.717) is 0 Å². The number of nitrogens with zero attached hydrogens (tertiary/aromatic N) is 6. The molecule has 9 rings (SSSR count). The van der Waals surface area contributed by atoms with E-state index in [1.54, 1.807) is 0 Å². The Labute approximate surface area is 254 Å².